The summed E-state index contributed by atoms with van der Waals surface area (Å²) in [5.74, 6) is 1.45. The third-order valence-corrected chi connectivity index (χ3v) is 4.79. The summed E-state index contributed by atoms with van der Waals surface area (Å²) in [6.45, 7) is 4.18. The van der Waals surface area contributed by atoms with Gasteiger partial charge in [0.2, 0.25) is 0 Å². The van der Waals surface area contributed by atoms with Crippen LogP contribution >= 0.6 is 35.3 Å². The molecule has 7 heteroatoms. The molecule has 0 spiro atoms. The fourth-order valence-electron chi connectivity index (χ4n) is 2.16. The Labute approximate surface area is 143 Å². The van der Waals surface area contributed by atoms with Crippen LogP contribution in [0.5, 0.6) is 5.75 Å². The number of ether oxygens (including phenoxy) is 1. The first-order chi connectivity index (χ1) is 10.1. The molecule has 0 aliphatic heterocycles. The van der Waals surface area contributed by atoms with Crippen molar-refractivity contribution in [2.45, 2.75) is 13.8 Å². The molecule has 1 N–H and O–H groups in total. The fraction of sp³-hybridized carbons (Fsp3) is 0.200. The van der Waals surface area contributed by atoms with E-state index in [2.05, 4.69) is 29.1 Å². The van der Waals surface area contributed by atoms with E-state index in [-0.39, 0.29) is 12.4 Å². The van der Waals surface area contributed by atoms with Gasteiger partial charge in [0.1, 0.15) is 22.7 Å². The number of halogens is 2. The van der Waals surface area contributed by atoms with E-state index in [1.54, 1.807) is 24.8 Å². The number of nitrogens with zero attached hydrogens (tertiary/aromatic N) is 2. The summed E-state index contributed by atoms with van der Waals surface area (Å²) in [5, 5.41) is 4.93. The zero-order valence-corrected chi connectivity index (χ0v) is 14.7. The molecule has 2 aromatic heterocycles. The molecule has 0 amide bonds. The largest absolute Gasteiger partial charge is 0.495 e. The second-order valence-electron chi connectivity index (χ2n) is 4.66. The van der Waals surface area contributed by atoms with Crippen LogP contribution in [0.1, 0.15) is 10.4 Å². The van der Waals surface area contributed by atoms with Gasteiger partial charge in [-0.2, -0.15) is 0 Å². The van der Waals surface area contributed by atoms with Crippen molar-refractivity contribution in [2.24, 2.45) is 0 Å². The first-order valence-corrected chi connectivity index (χ1v) is 7.61. The van der Waals surface area contributed by atoms with Crippen molar-refractivity contribution in [1.29, 1.82) is 0 Å². The van der Waals surface area contributed by atoms with Crippen LogP contribution in [0.15, 0.2) is 24.5 Å². The quantitative estimate of drug-likeness (QED) is 0.706. The summed E-state index contributed by atoms with van der Waals surface area (Å²) in [7, 11) is 1.60. The second kappa shape index (κ2) is 6.69. The molecule has 0 atom stereocenters. The second-order valence-corrected chi connectivity index (χ2v) is 6.27. The van der Waals surface area contributed by atoms with Gasteiger partial charge in [-0.25, -0.2) is 9.97 Å². The van der Waals surface area contributed by atoms with Gasteiger partial charge in [0.05, 0.1) is 17.5 Å². The molecule has 3 rings (SSSR count). The van der Waals surface area contributed by atoms with E-state index in [9.17, 15) is 0 Å². The molecule has 2 heterocycles. The monoisotopic (exact) mass is 355 g/mol. The number of nitrogens with one attached hydrogen (secondary N) is 1. The molecule has 0 saturated carbocycles. The van der Waals surface area contributed by atoms with Gasteiger partial charge in [-0.1, -0.05) is 11.6 Å². The summed E-state index contributed by atoms with van der Waals surface area (Å²) in [5.41, 5.74) is 2.07. The van der Waals surface area contributed by atoms with E-state index < -0.39 is 0 Å². The maximum Gasteiger partial charge on any atom is 0.142 e. The zero-order valence-electron chi connectivity index (χ0n) is 12.3. The highest BCUT2D eigenvalue weighted by Crippen LogP contribution is 2.35. The molecule has 0 unspecified atom stereocenters. The van der Waals surface area contributed by atoms with Gasteiger partial charge in [0.25, 0.3) is 0 Å². The third kappa shape index (κ3) is 2.97. The van der Waals surface area contributed by atoms with Crippen molar-refractivity contribution >= 4 is 57.1 Å². The van der Waals surface area contributed by atoms with Crippen LogP contribution in [0, 0.1) is 13.8 Å². The average Bonchev–Trinajstić information content (AvgIpc) is 2.75. The molecule has 0 bridgehead atoms. The van der Waals surface area contributed by atoms with E-state index in [0.29, 0.717) is 10.8 Å². The van der Waals surface area contributed by atoms with Gasteiger partial charge in [-0.15, -0.1) is 23.7 Å². The predicted molar refractivity (Wildman–Crippen MR) is 95.4 cm³/mol. The molecule has 0 fully saturated rings. The molecule has 4 nitrogen and oxygen atoms in total. The maximum atomic E-state index is 6.15. The van der Waals surface area contributed by atoms with E-state index in [4.69, 9.17) is 16.3 Å². The lowest BCUT2D eigenvalue weighted by Crippen LogP contribution is -1.96. The van der Waals surface area contributed by atoms with Crippen LogP contribution in [0.25, 0.3) is 10.2 Å². The van der Waals surface area contributed by atoms with Crippen molar-refractivity contribution < 1.29 is 4.74 Å². The standard InChI is InChI=1S/C15H14ClN3OS.ClH/c1-8-9(2)21-15-13(8)14(17-7-18-15)19-10-4-5-12(20-3)11(16)6-10;/h4-7H,1-3H3,(H,17,18,19);1H. The number of aromatic nitrogens is 2. The highest BCUT2D eigenvalue weighted by atomic mass is 35.5. The van der Waals surface area contributed by atoms with Gasteiger partial charge < -0.3 is 10.1 Å². The molecule has 0 aliphatic rings. The number of anilines is 2. The van der Waals surface area contributed by atoms with Crippen molar-refractivity contribution in [3.8, 4) is 5.75 Å². The predicted octanol–water partition coefficient (Wildman–Crippen LogP) is 5.14. The number of methoxy groups -OCH3 is 1. The minimum Gasteiger partial charge on any atom is -0.495 e. The lowest BCUT2D eigenvalue weighted by atomic mass is 10.2. The number of hydrogen-bond acceptors (Lipinski definition) is 5. The number of benzene rings is 1. The summed E-state index contributed by atoms with van der Waals surface area (Å²) in [6, 6.07) is 5.56. The Morgan fingerprint density at radius 2 is 2.00 bits per heavy atom. The average molecular weight is 356 g/mol. The molecule has 22 heavy (non-hydrogen) atoms. The summed E-state index contributed by atoms with van der Waals surface area (Å²) in [4.78, 5) is 10.9. The lowest BCUT2D eigenvalue weighted by molar-refractivity contribution is 0.415. The summed E-state index contributed by atoms with van der Waals surface area (Å²) >= 11 is 7.83. The molecule has 116 valence electrons. The number of aryl methyl sites for hydroxylation is 2. The van der Waals surface area contributed by atoms with Crippen LogP contribution in [0.3, 0.4) is 0 Å². The zero-order chi connectivity index (χ0) is 15.0. The van der Waals surface area contributed by atoms with Crippen LogP contribution in [-0.2, 0) is 0 Å². The first-order valence-electron chi connectivity index (χ1n) is 6.41. The lowest BCUT2D eigenvalue weighted by Gasteiger charge is -2.09. The number of rotatable bonds is 3. The summed E-state index contributed by atoms with van der Waals surface area (Å²) < 4.78 is 5.16. The van der Waals surface area contributed by atoms with E-state index in [1.165, 1.54) is 10.4 Å². The Morgan fingerprint density at radius 1 is 1.23 bits per heavy atom. The molecular weight excluding hydrogens is 341 g/mol. The molecular formula is C15H15Cl2N3OS. The third-order valence-electron chi connectivity index (χ3n) is 3.38. The van der Waals surface area contributed by atoms with Crippen molar-refractivity contribution in [1.82, 2.24) is 9.97 Å². The highest BCUT2D eigenvalue weighted by Gasteiger charge is 2.12. The maximum absolute atomic E-state index is 6.15. The minimum absolute atomic E-state index is 0. The minimum atomic E-state index is 0. The highest BCUT2D eigenvalue weighted by molar-refractivity contribution is 7.18. The Morgan fingerprint density at radius 3 is 2.68 bits per heavy atom. The topological polar surface area (TPSA) is 47.0 Å². The fourth-order valence-corrected chi connectivity index (χ4v) is 3.41. The Balaban J connectivity index is 0.00000176. The Hall–Kier alpha value is -1.56. The van der Waals surface area contributed by atoms with Crippen LogP contribution in [0.2, 0.25) is 5.02 Å². The first kappa shape index (κ1) is 16.8. The van der Waals surface area contributed by atoms with Crippen molar-refractivity contribution in [3.05, 3.63) is 40.0 Å². The van der Waals surface area contributed by atoms with Gasteiger partial charge in [0.15, 0.2) is 0 Å². The van der Waals surface area contributed by atoms with Gasteiger partial charge >= 0.3 is 0 Å². The van der Waals surface area contributed by atoms with Crippen LogP contribution in [-0.4, -0.2) is 17.1 Å². The number of fused-ring (bicyclic) bond motifs is 1. The van der Waals surface area contributed by atoms with E-state index >= 15 is 0 Å². The molecule has 0 saturated heterocycles. The van der Waals surface area contributed by atoms with Gasteiger partial charge in [0, 0.05) is 10.6 Å². The van der Waals surface area contributed by atoms with E-state index in [0.717, 1.165) is 21.7 Å². The molecule has 1 aromatic carbocycles. The summed E-state index contributed by atoms with van der Waals surface area (Å²) in [6.07, 6.45) is 1.57. The van der Waals surface area contributed by atoms with Gasteiger partial charge in [-0.3, -0.25) is 0 Å². The molecule has 3 aromatic rings. The smallest absolute Gasteiger partial charge is 0.142 e. The Kier molecular flexibility index (Phi) is 5.11. The number of thiophene rings is 1. The van der Waals surface area contributed by atoms with Gasteiger partial charge in [-0.05, 0) is 37.6 Å². The molecule has 0 radical (unpaired) electrons. The van der Waals surface area contributed by atoms with Crippen LogP contribution < -0.4 is 10.1 Å². The van der Waals surface area contributed by atoms with Crippen molar-refractivity contribution in [2.75, 3.05) is 12.4 Å². The number of hydrogen-bond donors (Lipinski definition) is 1. The SMILES string of the molecule is COc1ccc(Nc2ncnc3sc(C)c(C)c23)cc1Cl.Cl. The van der Waals surface area contributed by atoms with E-state index in [1.807, 2.05) is 18.2 Å². The molecule has 0 aliphatic carbocycles. The van der Waals surface area contributed by atoms with Crippen LogP contribution in [0.4, 0.5) is 11.5 Å². The van der Waals surface area contributed by atoms with Crippen molar-refractivity contribution in [3.63, 3.8) is 0 Å². The normalized spacial score (nSPS) is 10.4. The Bertz CT molecular complexity index is 820.